The second-order valence-corrected chi connectivity index (χ2v) is 7.60. The number of hydrogen-bond donors (Lipinski definition) is 2. The van der Waals surface area contributed by atoms with Crippen LogP contribution in [0.15, 0.2) is 29.3 Å². The predicted molar refractivity (Wildman–Crippen MR) is 82.8 cm³/mol. The molecule has 2 rings (SSSR count). The van der Waals surface area contributed by atoms with E-state index in [-0.39, 0.29) is 10.6 Å². The van der Waals surface area contributed by atoms with Crippen LogP contribution in [0.5, 0.6) is 0 Å². The van der Waals surface area contributed by atoms with Gasteiger partial charge in [0.2, 0.25) is 0 Å². The molecular formula is C13H17N3O2S2. The molecule has 0 aliphatic heterocycles. The number of rotatable bonds is 5. The summed E-state index contributed by atoms with van der Waals surface area (Å²) in [5.41, 5.74) is 6.77. The van der Waals surface area contributed by atoms with E-state index in [1.807, 2.05) is 6.20 Å². The van der Waals surface area contributed by atoms with Gasteiger partial charge in [0.15, 0.2) is 9.84 Å². The molecule has 0 radical (unpaired) electrons. The maximum absolute atomic E-state index is 11.6. The topological polar surface area (TPSA) is 85.1 Å². The van der Waals surface area contributed by atoms with Gasteiger partial charge in [-0.2, -0.15) is 0 Å². The third-order valence-corrected chi connectivity index (χ3v) is 5.14. The van der Waals surface area contributed by atoms with Crippen LogP contribution < -0.4 is 11.1 Å². The Morgan fingerprint density at radius 2 is 2.15 bits per heavy atom. The molecule has 0 unspecified atom stereocenters. The van der Waals surface area contributed by atoms with Crippen molar-refractivity contribution in [1.82, 2.24) is 4.98 Å². The number of aromatic nitrogens is 1. The highest BCUT2D eigenvalue weighted by molar-refractivity contribution is 7.90. The molecule has 0 aliphatic carbocycles. The van der Waals surface area contributed by atoms with E-state index in [0.29, 0.717) is 12.2 Å². The molecule has 108 valence electrons. The van der Waals surface area contributed by atoms with Crippen molar-refractivity contribution in [3.8, 4) is 0 Å². The van der Waals surface area contributed by atoms with Gasteiger partial charge in [0.1, 0.15) is 5.01 Å². The standard InChI is InChI=1S/C13H17N3O2S2/c1-3-9-7-16-12(19-9)8-15-10-5-4-6-11(13(10)14)20(2,17)18/h4-7,15H,3,8,14H2,1-2H3. The number of para-hydroxylation sites is 1. The molecule has 3 N–H and O–H groups in total. The van der Waals surface area contributed by atoms with Crippen LogP contribution in [0.25, 0.3) is 0 Å². The largest absolute Gasteiger partial charge is 0.396 e. The Balaban J connectivity index is 2.18. The van der Waals surface area contributed by atoms with E-state index in [9.17, 15) is 8.42 Å². The zero-order valence-corrected chi connectivity index (χ0v) is 13.0. The highest BCUT2D eigenvalue weighted by Crippen LogP contribution is 2.27. The van der Waals surface area contributed by atoms with Crippen molar-refractivity contribution in [3.05, 3.63) is 34.3 Å². The zero-order valence-electron chi connectivity index (χ0n) is 11.4. The number of sulfone groups is 1. The molecule has 7 heteroatoms. The second kappa shape index (κ2) is 5.80. The molecule has 0 saturated carbocycles. The van der Waals surface area contributed by atoms with Crippen molar-refractivity contribution >= 4 is 32.5 Å². The summed E-state index contributed by atoms with van der Waals surface area (Å²) in [5.74, 6) is 0. The van der Waals surface area contributed by atoms with Gasteiger partial charge in [0.25, 0.3) is 0 Å². The number of thiazole rings is 1. The first-order chi connectivity index (χ1) is 9.41. The Labute approximate surface area is 122 Å². The van der Waals surface area contributed by atoms with Crippen LogP contribution >= 0.6 is 11.3 Å². The minimum Gasteiger partial charge on any atom is -0.396 e. The van der Waals surface area contributed by atoms with Crippen LogP contribution in [-0.2, 0) is 22.8 Å². The number of anilines is 2. The lowest BCUT2D eigenvalue weighted by Crippen LogP contribution is -2.07. The predicted octanol–water partition coefficient (Wildman–Crippen LogP) is 2.30. The Morgan fingerprint density at radius 3 is 2.75 bits per heavy atom. The summed E-state index contributed by atoms with van der Waals surface area (Å²) in [4.78, 5) is 5.67. The maximum Gasteiger partial charge on any atom is 0.177 e. The molecule has 0 saturated heterocycles. The Kier molecular flexibility index (Phi) is 4.29. The van der Waals surface area contributed by atoms with Gasteiger partial charge in [-0.05, 0) is 18.6 Å². The van der Waals surface area contributed by atoms with Crippen LogP contribution in [-0.4, -0.2) is 19.7 Å². The number of nitrogen functional groups attached to an aromatic ring is 1. The summed E-state index contributed by atoms with van der Waals surface area (Å²) >= 11 is 1.64. The van der Waals surface area contributed by atoms with Crippen molar-refractivity contribution in [3.63, 3.8) is 0 Å². The molecule has 5 nitrogen and oxygen atoms in total. The molecule has 0 amide bonds. The molecule has 1 heterocycles. The molecule has 1 aromatic carbocycles. The quantitative estimate of drug-likeness (QED) is 0.828. The Morgan fingerprint density at radius 1 is 1.40 bits per heavy atom. The third-order valence-electron chi connectivity index (χ3n) is 2.85. The number of nitrogens with zero attached hydrogens (tertiary/aromatic N) is 1. The number of nitrogens with one attached hydrogen (secondary N) is 1. The van der Waals surface area contributed by atoms with Gasteiger partial charge in [0, 0.05) is 17.3 Å². The summed E-state index contributed by atoms with van der Waals surface area (Å²) < 4.78 is 23.2. The minimum absolute atomic E-state index is 0.149. The first-order valence-corrected chi connectivity index (χ1v) is 8.88. The number of hydrogen-bond acceptors (Lipinski definition) is 6. The van der Waals surface area contributed by atoms with Crippen LogP contribution in [0, 0.1) is 0 Å². The average Bonchev–Trinajstić information content (AvgIpc) is 2.84. The summed E-state index contributed by atoms with van der Waals surface area (Å²) in [5, 5.41) is 4.09. The van der Waals surface area contributed by atoms with Crippen LogP contribution in [0.3, 0.4) is 0 Å². The van der Waals surface area contributed by atoms with E-state index in [2.05, 4.69) is 17.2 Å². The number of benzene rings is 1. The van der Waals surface area contributed by atoms with E-state index in [0.717, 1.165) is 17.7 Å². The smallest absolute Gasteiger partial charge is 0.177 e. The molecule has 0 atom stereocenters. The van der Waals surface area contributed by atoms with Gasteiger partial charge in [0.05, 0.1) is 22.8 Å². The highest BCUT2D eigenvalue weighted by Gasteiger charge is 2.14. The minimum atomic E-state index is -3.32. The fourth-order valence-electron chi connectivity index (χ4n) is 1.79. The van der Waals surface area contributed by atoms with Crippen molar-refractivity contribution in [1.29, 1.82) is 0 Å². The molecule has 2 aromatic rings. The van der Waals surface area contributed by atoms with Crippen LogP contribution in [0.1, 0.15) is 16.8 Å². The molecule has 0 aliphatic rings. The molecule has 0 spiro atoms. The van der Waals surface area contributed by atoms with Crippen molar-refractivity contribution in [2.24, 2.45) is 0 Å². The highest BCUT2D eigenvalue weighted by atomic mass is 32.2. The normalized spacial score (nSPS) is 11.5. The van der Waals surface area contributed by atoms with Crippen LogP contribution in [0.4, 0.5) is 11.4 Å². The lowest BCUT2D eigenvalue weighted by molar-refractivity contribution is 0.602. The van der Waals surface area contributed by atoms with Gasteiger partial charge < -0.3 is 11.1 Å². The molecule has 0 fully saturated rings. The molecule has 0 bridgehead atoms. The molecule has 20 heavy (non-hydrogen) atoms. The maximum atomic E-state index is 11.6. The lowest BCUT2D eigenvalue weighted by Gasteiger charge is -2.11. The Hall–Kier alpha value is -1.60. The monoisotopic (exact) mass is 311 g/mol. The third kappa shape index (κ3) is 3.29. The van der Waals surface area contributed by atoms with Gasteiger partial charge in [-0.15, -0.1) is 11.3 Å². The van der Waals surface area contributed by atoms with E-state index in [1.54, 1.807) is 23.5 Å². The SMILES string of the molecule is CCc1cnc(CNc2cccc(S(C)(=O)=O)c2N)s1. The summed E-state index contributed by atoms with van der Waals surface area (Å²) in [7, 11) is -3.32. The summed E-state index contributed by atoms with van der Waals surface area (Å²) in [6, 6.07) is 4.95. The second-order valence-electron chi connectivity index (χ2n) is 4.42. The lowest BCUT2D eigenvalue weighted by atomic mass is 10.2. The number of nitrogens with two attached hydrogens (primary N) is 1. The fourth-order valence-corrected chi connectivity index (χ4v) is 3.42. The average molecular weight is 311 g/mol. The van der Waals surface area contributed by atoms with E-state index in [4.69, 9.17) is 5.73 Å². The van der Waals surface area contributed by atoms with E-state index < -0.39 is 9.84 Å². The van der Waals surface area contributed by atoms with Crippen molar-refractivity contribution in [2.75, 3.05) is 17.3 Å². The summed E-state index contributed by atoms with van der Waals surface area (Å²) in [6.45, 7) is 2.61. The first kappa shape index (κ1) is 14.8. The number of aryl methyl sites for hydroxylation is 1. The Bertz CT molecular complexity index is 708. The van der Waals surface area contributed by atoms with Crippen molar-refractivity contribution in [2.45, 2.75) is 24.8 Å². The zero-order chi connectivity index (χ0) is 14.8. The molecular weight excluding hydrogens is 294 g/mol. The van der Waals surface area contributed by atoms with E-state index >= 15 is 0 Å². The van der Waals surface area contributed by atoms with Crippen molar-refractivity contribution < 1.29 is 8.42 Å². The first-order valence-electron chi connectivity index (χ1n) is 6.17. The van der Waals surface area contributed by atoms with E-state index in [1.165, 1.54) is 10.9 Å². The van der Waals surface area contributed by atoms with Crippen LogP contribution in [0.2, 0.25) is 0 Å². The van der Waals surface area contributed by atoms with Gasteiger partial charge >= 0.3 is 0 Å². The molecule has 1 aromatic heterocycles. The fraction of sp³-hybridized carbons (Fsp3) is 0.308. The van der Waals surface area contributed by atoms with Gasteiger partial charge in [-0.25, -0.2) is 13.4 Å². The summed E-state index contributed by atoms with van der Waals surface area (Å²) in [6.07, 6.45) is 3.97. The van der Waals surface area contributed by atoms with Gasteiger partial charge in [-0.3, -0.25) is 0 Å². The van der Waals surface area contributed by atoms with Gasteiger partial charge in [-0.1, -0.05) is 13.0 Å².